The van der Waals surface area contributed by atoms with Gasteiger partial charge in [-0.2, -0.15) is 0 Å². The van der Waals surface area contributed by atoms with Gasteiger partial charge in [-0.3, -0.25) is 4.79 Å². The first-order valence-corrected chi connectivity index (χ1v) is 23.2. The van der Waals surface area contributed by atoms with Crippen molar-refractivity contribution in [2.45, 2.75) is 206 Å². The van der Waals surface area contributed by atoms with Crippen molar-refractivity contribution in [1.82, 2.24) is 0 Å². The van der Waals surface area contributed by atoms with Gasteiger partial charge in [-0.05, 0) is 71.8 Å². The SMILES string of the molecule is CCCCC/C=C\C/C=C\CCCCCCCC(=O)OC(CO[Si](C(C)C)(C(C)C)C(C)C)CO[Si](C(C)C)(C(C)C)C(C)C. The van der Waals surface area contributed by atoms with Crippen molar-refractivity contribution in [2.75, 3.05) is 13.2 Å². The summed E-state index contributed by atoms with van der Waals surface area (Å²) in [6.07, 6.45) is 22.3. The summed E-state index contributed by atoms with van der Waals surface area (Å²) in [5.74, 6) is -0.102. The number of hydrogen-bond donors (Lipinski definition) is 0. The fourth-order valence-electron chi connectivity index (χ4n) is 7.92. The van der Waals surface area contributed by atoms with Crippen molar-refractivity contribution in [2.24, 2.45) is 0 Å². The zero-order valence-corrected chi connectivity index (χ0v) is 34.4. The zero-order valence-electron chi connectivity index (χ0n) is 32.4. The summed E-state index contributed by atoms with van der Waals surface area (Å²) >= 11 is 0. The quantitative estimate of drug-likeness (QED) is 0.0379. The lowest BCUT2D eigenvalue weighted by Crippen LogP contribution is -2.52. The zero-order chi connectivity index (χ0) is 34.5. The standard InChI is InChI=1S/C39H78O4Si2/c1-14-15-16-17-18-19-20-21-22-23-24-25-26-27-28-29-39(40)43-38(30-41-44(32(2)3,33(4)5)34(6)7)31-42-45(35(8)9,36(10)11)37(12)13/h18-19,21-22,32-38H,14-17,20,23-31H2,1-13H3/b19-18-,22-21-. The lowest BCUT2D eigenvalue weighted by molar-refractivity contribution is -0.152. The molecule has 0 amide bonds. The molecule has 0 aliphatic carbocycles. The number of ether oxygens (including phenoxy) is 1. The van der Waals surface area contributed by atoms with E-state index in [9.17, 15) is 4.79 Å². The number of unbranched alkanes of at least 4 members (excludes halogenated alkanes) is 8. The molecule has 0 rings (SSSR count). The van der Waals surface area contributed by atoms with Crippen molar-refractivity contribution in [3.8, 4) is 0 Å². The van der Waals surface area contributed by atoms with Crippen LogP contribution in [0.15, 0.2) is 24.3 Å². The second-order valence-electron chi connectivity index (χ2n) is 15.3. The van der Waals surface area contributed by atoms with Crippen LogP contribution in [-0.4, -0.2) is 41.9 Å². The minimum atomic E-state index is -2.09. The minimum Gasteiger partial charge on any atom is -0.458 e. The largest absolute Gasteiger partial charge is 0.458 e. The van der Waals surface area contributed by atoms with E-state index >= 15 is 0 Å². The molecule has 0 unspecified atom stereocenters. The molecule has 0 fully saturated rings. The van der Waals surface area contributed by atoms with Gasteiger partial charge in [-0.15, -0.1) is 0 Å². The maximum Gasteiger partial charge on any atom is 0.306 e. The Morgan fingerprint density at radius 2 is 0.911 bits per heavy atom. The summed E-state index contributed by atoms with van der Waals surface area (Å²) < 4.78 is 20.1. The van der Waals surface area contributed by atoms with Gasteiger partial charge in [0.2, 0.25) is 16.6 Å². The minimum absolute atomic E-state index is 0.102. The van der Waals surface area contributed by atoms with E-state index in [2.05, 4.69) is 114 Å². The van der Waals surface area contributed by atoms with Crippen molar-refractivity contribution in [3.63, 3.8) is 0 Å². The molecule has 0 aromatic carbocycles. The van der Waals surface area contributed by atoms with Gasteiger partial charge < -0.3 is 13.6 Å². The summed E-state index contributed by atoms with van der Waals surface area (Å²) in [4.78, 5) is 13.1. The molecule has 0 aromatic heterocycles. The summed E-state index contributed by atoms with van der Waals surface area (Å²) in [5, 5.41) is 0. The Labute approximate surface area is 284 Å². The monoisotopic (exact) mass is 667 g/mol. The van der Waals surface area contributed by atoms with Crippen molar-refractivity contribution >= 4 is 22.6 Å². The van der Waals surface area contributed by atoms with E-state index in [0.717, 1.165) is 25.7 Å². The van der Waals surface area contributed by atoms with Crippen molar-refractivity contribution < 1.29 is 18.4 Å². The molecule has 45 heavy (non-hydrogen) atoms. The molecule has 0 radical (unpaired) electrons. The third-order valence-corrected chi connectivity index (χ3v) is 22.2. The van der Waals surface area contributed by atoms with Crippen LogP contribution in [0.4, 0.5) is 0 Å². The van der Waals surface area contributed by atoms with Crippen LogP contribution in [0.1, 0.15) is 167 Å². The van der Waals surface area contributed by atoms with Gasteiger partial charge in [-0.25, -0.2) is 0 Å². The van der Waals surface area contributed by atoms with Crippen LogP contribution in [0.5, 0.6) is 0 Å². The molecule has 0 heterocycles. The molecule has 0 saturated carbocycles. The predicted molar refractivity (Wildman–Crippen MR) is 203 cm³/mol. The average molecular weight is 667 g/mol. The second kappa shape index (κ2) is 24.4. The topological polar surface area (TPSA) is 44.8 Å². The van der Waals surface area contributed by atoms with Gasteiger partial charge in [0.05, 0.1) is 13.2 Å². The molecule has 4 nitrogen and oxygen atoms in total. The first kappa shape index (κ1) is 44.3. The summed E-state index contributed by atoms with van der Waals surface area (Å²) in [6, 6.07) is 0. The van der Waals surface area contributed by atoms with Gasteiger partial charge in [-0.1, -0.05) is 146 Å². The summed E-state index contributed by atoms with van der Waals surface area (Å²) in [7, 11) is -4.18. The Hall–Kier alpha value is -0.696. The molecule has 0 atom stereocenters. The number of carbonyl (C=O) groups excluding carboxylic acids is 1. The Bertz CT molecular complexity index is 721. The number of carbonyl (C=O) groups is 1. The molecule has 0 aliphatic rings. The maximum atomic E-state index is 13.1. The molecular weight excluding hydrogens is 589 g/mol. The van der Waals surface area contributed by atoms with Crippen LogP contribution >= 0.6 is 0 Å². The van der Waals surface area contributed by atoms with Gasteiger partial charge in [0.25, 0.3) is 0 Å². The molecule has 0 N–H and O–H groups in total. The fraction of sp³-hybridized carbons (Fsp3) is 0.872. The Balaban J connectivity index is 5.03. The van der Waals surface area contributed by atoms with Crippen LogP contribution < -0.4 is 0 Å². The molecule has 266 valence electrons. The van der Waals surface area contributed by atoms with Crippen LogP contribution in [-0.2, 0) is 18.4 Å². The average Bonchev–Trinajstić information content (AvgIpc) is 2.94. The van der Waals surface area contributed by atoms with E-state index in [1.165, 1.54) is 44.9 Å². The van der Waals surface area contributed by atoms with E-state index in [0.29, 0.717) is 52.9 Å². The number of rotatable bonds is 27. The van der Waals surface area contributed by atoms with E-state index in [4.69, 9.17) is 13.6 Å². The van der Waals surface area contributed by atoms with E-state index < -0.39 is 16.6 Å². The summed E-state index contributed by atoms with van der Waals surface area (Å²) in [6.45, 7) is 30.8. The molecule has 0 bridgehead atoms. The Morgan fingerprint density at radius 1 is 0.533 bits per heavy atom. The van der Waals surface area contributed by atoms with Crippen LogP contribution in [0.2, 0.25) is 33.2 Å². The lowest BCUT2D eigenvalue weighted by Gasteiger charge is -2.44. The molecule has 0 aromatic rings. The first-order chi connectivity index (χ1) is 21.2. The lowest BCUT2D eigenvalue weighted by atomic mass is 10.1. The van der Waals surface area contributed by atoms with Crippen molar-refractivity contribution in [3.05, 3.63) is 24.3 Å². The smallest absolute Gasteiger partial charge is 0.306 e. The van der Waals surface area contributed by atoms with E-state index in [-0.39, 0.29) is 12.1 Å². The second-order valence-corrected chi connectivity index (χ2v) is 26.3. The Kier molecular flexibility index (Phi) is 24.1. The van der Waals surface area contributed by atoms with Crippen LogP contribution in [0, 0.1) is 0 Å². The highest BCUT2D eigenvalue weighted by Gasteiger charge is 2.47. The van der Waals surface area contributed by atoms with E-state index in [1.807, 2.05) is 0 Å². The highest BCUT2D eigenvalue weighted by Crippen LogP contribution is 2.44. The predicted octanol–water partition coefficient (Wildman–Crippen LogP) is 13.1. The number of allylic oxidation sites excluding steroid dienone is 4. The van der Waals surface area contributed by atoms with Gasteiger partial charge in [0.15, 0.2) is 0 Å². The molecular formula is C39H78O4Si2. The molecule has 6 heteroatoms. The van der Waals surface area contributed by atoms with Gasteiger partial charge in [0, 0.05) is 6.42 Å². The highest BCUT2D eigenvalue weighted by molar-refractivity contribution is 6.78. The van der Waals surface area contributed by atoms with Crippen LogP contribution in [0.3, 0.4) is 0 Å². The highest BCUT2D eigenvalue weighted by atomic mass is 28.4. The first-order valence-electron chi connectivity index (χ1n) is 19.0. The van der Waals surface area contributed by atoms with Gasteiger partial charge >= 0.3 is 5.97 Å². The third-order valence-electron chi connectivity index (χ3n) is 10.1. The number of esters is 1. The van der Waals surface area contributed by atoms with Crippen molar-refractivity contribution in [1.29, 1.82) is 0 Å². The summed E-state index contributed by atoms with van der Waals surface area (Å²) in [5.41, 5.74) is 2.90. The fourth-order valence-corrected chi connectivity index (χ4v) is 18.9. The molecule has 0 spiro atoms. The van der Waals surface area contributed by atoms with Crippen LogP contribution in [0.25, 0.3) is 0 Å². The van der Waals surface area contributed by atoms with E-state index in [1.54, 1.807) is 0 Å². The van der Waals surface area contributed by atoms with Gasteiger partial charge in [0.1, 0.15) is 6.10 Å². The maximum absolute atomic E-state index is 13.1. The third kappa shape index (κ3) is 15.8. The Morgan fingerprint density at radius 3 is 1.31 bits per heavy atom. The molecule has 0 aliphatic heterocycles. The number of hydrogen-bond acceptors (Lipinski definition) is 4. The molecule has 0 saturated heterocycles. The normalized spacial score (nSPS) is 13.5.